The van der Waals surface area contributed by atoms with Crippen LogP contribution in [-0.2, 0) is 10.0 Å². The molecule has 30 heavy (non-hydrogen) atoms. The van der Waals surface area contributed by atoms with Crippen LogP contribution >= 0.6 is 0 Å². The first-order chi connectivity index (χ1) is 14.3. The molecule has 0 atom stereocenters. The predicted octanol–water partition coefficient (Wildman–Crippen LogP) is 2.05. The highest BCUT2D eigenvalue weighted by molar-refractivity contribution is 7.89. The van der Waals surface area contributed by atoms with Gasteiger partial charge in [0.15, 0.2) is 5.78 Å². The standard InChI is InChI=1S/C21H24N2O6S/c1-15(24)16-4-6-20(7-5-16)30(26,27)23-10-8-22(9-11-23)21(25)17-12-18(28-2)14-19(13-17)29-3/h4-7,12-14H,8-11H2,1-3H3. The Labute approximate surface area is 176 Å². The topological polar surface area (TPSA) is 93.2 Å². The minimum absolute atomic E-state index is 0.125. The van der Waals surface area contributed by atoms with E-state index in [2.05, 4.69) is 0 Å². The zero-order valence-corrected chi connectivity index (χ0v) is 17.9. The molecule has 1 saturated heterocycles. The van der Waals surface area contributed by atoms with Crippen molar-refractivity contribution < 1.29 is 27.5 Å². The molecule has 1 heterocycles. The maximum atomic E-state index is 12.9. The zero-order valence-electron chi connectivity index (χ0n) is 17.1. The summed E-state index contributed by atoms with van der Waals surface area (Å²) in [7, 11) is -0.676. The Morgan fingerprint density at radius 2 is 1.37 bits per heavy atom. The number of rotatable bonds is 6. The smallest absolute Gasteiger partial charge is 0.254 e. The van der Waals surface area contributed by atoms with Gasteiger partial charge in [-0.1, -0.05) is 12.1 Å². The van der Waals surface area contributed by atoms with E-state index in [1.807, 2.05) is 0 Å². The summed E-state index contributed by atoms with van der Waals surface area (Å²) in [5.41, 5.74) is 0.875. The minimum atomic E-state index is -3.70. The number of piperazine rings is 1. The van der Waals surface area contributed by atoms with E-state index in [4.69, 9.17) is 9.47 Å². The van der Waals surface area contributed by atoms with Crippen LogP contribution in [0.2, 0.25) is 0 Å². The zero-order chi connectivity index (χ0) is 21.9. The third-order valence-electron chi connectivity index (χ3n) is 5.02. The van der Waals surface area contributed by atoms with E-state index < -0.39 is 10.0 Å². The highest BCUT2D eigenvalue weighted by atomic mass is 32.2. The summed E-state index contributed by atoms with van der Waals surface area (Å²) in [6, 6.07) is 10.8. The average molecular weight is 432 g/mol. The van der Waals surface area contributed by atoms with Crippen molar-refractivity contribution in [1.82, 2.24) is 9.21 Å². The summed E-state index contributed by atoms with van der Waals surface area (Å²) < 4.78 is 37.5. The molecule has 0 aliphatic carbocycles. The van der Waals surface area contributed by atoms with E-state index in [0.717, 1.165) is 0 Å². The Morgan fingerprint density at radius 1 is 0.833 bits per heavy atom. The van der Waals surface area contributed by atoms with Crippen LogP contribution in [0.5, 0.6) is 11.5 Å². The van der Waals surface area contributed by atoms with Crippen LogP contribution in [0.15, 0.2) is 47.4 Å². The quantitative estimate of drug-likeness (QED) is 0.649. The Morgan fingerprint density at radius 3 is 1.83 bits per heavy atom. The van der Waals surface area contributed by atoms with Crippen molar-refractivity contribution in [2.45, 2.75) is 11.8 Å². The molecule has 1 fully saturated rings. The Balaban J connectivity index is 1.71. The van der Waals surface area contributed by atoms with Gasteiger partial charge >= 0.3 is 0 Å². The van der Waals surface area contributed by atoms with Crippen LogP contribution in [0.4, 0.5) is 0 Å². The fourth-order valence-electron chi connectivity index (χ4n) is 3.26. The Bertz CT molecular complexity index is 1020. The molecule has 2 aromatic carbocycles. The van der Waals surface area contributed by atoms with Crippen molar-refractivity contribution in [2.24, 2.45) is 0 Å². The summed E-state index contributed by atoms with van der Waals surface area (Å²) >= 11 is 0. The molecule has 0 spiro atoms. The van der Waals surface area contributed by atoms with E-state index in [0.29, 0.717) is 22.6 Å². The summed E-state index contributed by atoms with van der Waals surface area (Å²) in [5.74, 6) is 0.677. The van der Waals surface area contributed by atoms with Gasteiger partial charge < -0.3 is 14.4 Å². The number of amides is 1. The highest BCUT2D eigenvalue weighted by Crippen LogP contribution is 2.24. The molecule has 1 aliphatic heterocycles. The van der Waals surface area contributed by atoms with Crippen LogP contribution in [0.1, 0.15) is 27.6 Å². The molecular formula is C21H24N2O6S. The first-order valence-electron chi connectivity index (χ1n) is 9.39. The molecule has 1 aliphatic rings. The van der Waals surface area contributed by atoms with Crippen LogP contribution in [0.3, 0.4) is 0 Å². The molecular weight excluding hydrogens is 408 g/mol. The number of sulfonamides is 1. The summed E-state index contributed by atoms with van der Waals surface area (Å²) in [6.07, 6.45) is 0. The lowest BCUT2D eigenvalue weighted by Gasteiger charge is -2.34. The number of benzene rings is 2. The van der Waals surface area contributed by atoms with Crippen LogP contribution in [0, 0.1) is 0 Å². The van der Waals surface area contributed by atoms with E-state index in [-0.39, 0.29) is 42.8 Å². The average Bonchev–Trinajstić information content (AvgIpc) is 2.78. The summed E-state index contributed by atoms with van der Waals surface area (Å²) in [6.45, 7) is 2.33. The highest BCUT2D eigenvalue weighted by Gasteiger charge is 2.30. The van der Waals surface area contributed by atoms with Crippen molar-refractivity contribution >= 4 is 21.7 Å². The molecule has 160 valence electrons. The van der Waals surface area contributed by atoms with Gasteiger partial charge in [-0.25, -0.2) is 8.42 Å². The van der Waals surface area contributed by atoms with Gasteiger partial charge in [0, 0.05) is 43.4 Å². The lowest BCUT2D eigenvalue weighted by atomic mass is 10.1. The second-order valence-corrected chi connectivity index (χ2v) is 8.82. The maximum Gasteiger partial charge on any atom is 0.254 e. The fourth-order valence-corrected chi connectivity index (χ4v) is 4.68. The van der Waals surface area contributed by atoms with Crippen molar-refractivity contribution in [3.05, 3.63) is 53.6 Å². The van der Waals surface area contributed by atoms with Gasteiger partial charge in [0.1, 0.15) is 11.5 Å². The van der Waals surface area contributed by atoms with E-state index in [1.54, 1.807) is 23.1 Å². The maximum absolute atomic E-state index is 12.9. The second-order valence-electron chi connectivity index (χ2n) is 6.88. The number of carbonyl (C=O) groups excluding carboxylic acids is 2. The van der Waals surface area contributed by atoms with Crippen LogP contribution in [0.25, 0.3) is 0 Å². The van der Waals surface area contributed by atoms with Gasteiger partial charge in [0.25, 0.3) is 5.91 Å². The first kappa shape index (κ1) is 21.8. The molecule has 2 aromatic rings. The third-order valence-corrected chi connectivity index (χ3v) is 6.94. The molecule has 1 amide bonds. The molecule has 0 radical (unpaired) electrons. The van der Waals surface area contributed by atoms with Crippen molar-refractivity contribution in [3.8, 4) is 11.5 Å². The van der Waals surface area contributed by atoms with E-state index in [1.165, 1.54) is 49.7 Å². The lowest BCUT2D eigenvalue weighted by molar-refractivity contribution is 0.0697. The number of carbonyl (C=O) groups is 2. The largest absolute Gasteiger partial charge is 0.497 e. The normalized spacial score (nSPS) is 15.0. The fraction of sp³-hybridized carbons (Fsp3) is 0.333. The molecule has 0 saturated carbocycles. The second kappa shape index (κ2) is 8.85. The van der Waals surface area contributed by atoms with E-state index in [9.17, 15) is 18.0 Å². The number of ether oxygens (including phenoxy) is 2. The van der Waals surface area contributed by atoms with Crippen molar-refractivity contribution in [3.63, 3.8) is 0 Å². The van der Waals surface area contributed by atoms with Gasteiger partial charge in [0.05, 0.1) is 19.1 Å². The number of nitrogens with zero attached hydrogens (tertiary/aromatic N) is 2. The summed E-state index contributed by atoms with van der Waals surface area (Å²) in [4.78, 5) is 26.0. The van der Waals surface area contributed by atoms with Crippen molar-refractivity contribution in [1.29, 1.82) is 0 Å². The number of hydrogen-bond acceptors (Lipinski definition) is 6. The molecule has 8 nitrogen and oxygen atoms in total. The number of Topliss-reactive ketones (excluding diaryl/α,β-unsaturated/α-hetero) is 1. The minimum Gasteiger partial charge on any atom is -0.497 e. The number of methoxy groups -OCH3 is 2. The van der Waals surface area contributed by atoms with Gasteiger partial charge in [-0.3, -0.25) is 9.59 Å². The SMILES string of the molecule is COc1cc(OC)cc(C(=O)N2CCN(S(=O)(=O)c3ccc(C(C)=O)cc3)CC2)c1. The predicted molar refractivity (Wildman–Crippen MR) is 111 cm³/mol. The number of hydrogen-bond donors (Lipinski definition) is 0. The van der Waals surface area contributed by atoms with Crippen molar-refractivity contribution in [2.75, 3.05) is 40.4 Å². The van der Waals surface area contributed by atoms with Gasteiger partial charge in [-0.15, -0.1) is 0 Å². The van der Waals surface area contributed by atoms with Gasteiger partial charge in [-0.05, 0) is 31.2 Å². The Hall–Kier alpha value is -2.91. The molecule has 9 heteroatoms. The molecule has 3 rings (SSSR count). The monoisotopic (exact) mass is 432 g/mol. The Kier molecular flexibility index (Phi) is 6.42. The molecule has 0 aromatic heterocycles. The first-order valence-corrected chi connectivity index (χ1v) is 10.8. The summed E-state index contributed by atoms with van der Waals surface area (Å²) in [5, 5.41) is 0. The van der Waals surface area contributed by atoms with Crippen LogP contribution < -0.4 is 9.47 Å². The van der Waals surface area contributed by atoms with Crippen LogP contribution in [-0.4, -0.2) is 69.7 Å². The molecule has 0 N–H and O–H groups in total. The molecule has 0 unspecified atom stereocenters. The van der Waals surface area contributed by atoms with E-state index >= 15 is 0 Å². The molecule has 0 bridgehead atoms. The third kappa shape index (κ3) is 4.47. The lowest BCUT2D eigenvalue weighted by Crippen LogP contribution is -2.50. The van der Waals surface area contributed by atoms with Gasteiger partial charge in [0.2, 0.25) is 10.0 Å². The van der Waals surface area contributed by atoms with Gasteiger partial charge in [-0.2, -0.15) is 4.31 Å². The number of ketones is 1.